The van der Waals surface area contributed by atoms with Crippen molar-refractivity contribution in [1.29, 1.82) is 0 Å². The van der Waals surface area contributed by atoms with Gasteiger partial charge in [-0.3, -0.25) is 14.4 Å². The molecule has 336 valence electrons. The van der Waals surface area contributed by atoms with E-state index in [1.807, 2.05) is 111 Å². The van der Waals surface area contributed by atoms with Crippen LogP contribution in [-0.2, 0) is 14.4 Å². The van der Waals surface area contributed by atoms with Crippen molar-refractivity contribution >= 4 is 35.3 Å². The molecule has 0 unspecified atom stereocenters. The molecule has 9 nitrogen and oxygen atoms in total. The summed E-state index contributed by atoms with van der Waals surface area (Å²) in [6, 6.07) is 16.4. The molecule has 3 aromatic rings. The first-order valence-corrected chi connectivity index (χ1v) is 21.4. The molecule has 2 bridgehead atoms. The number of methoxy groups -OCH3 is 2. The highest BCUT2D eigenvalue weighted by molar-refractivity contribution is 6.41. The van der Waals surface area contributed by atoms with Gasteiger partial charge >= 0.3 is 0 Å². The monoisotopic (exact) mass is 858 g/mol. The van der Waals surface area contributed by atoms with Crippen molar-refractivity contribution in [2.45, 2.75) is 94.4 Å². The Morgan fingerprint density at radius 2 is 1.32 bits per heavy atom. The SMILES string of the molecule is C=C(C)[C@@H](CC=C(C)C)C[C@@]12C[C@@H](CC=C(C)C)C(C)(C)[C@@](CC=C(C)C)(C(=O)/C(=C(/O)c3ccc(O)c(O)c3)C1=O)C2=O.COc1cc(/C=C/c2ccc(O)cc2)cc(OC)c1. The van der Waals surface area contributed by atoms with Crippen LogP contribution >= 0.6 is 0 Å². The number of hydrogen-bond acceptors (Lipinski definition) is 9. The Balaban J connectivity index is 0.000000380. The molecule has 2 aliphatic rings. The van der Waals surface area contributed by atoms with Crippen LogP contribution in [0.5, 0.6) is 28.7 Å². The van der Waals surface area contributed by atoms with Crippen molar-refractivity contribution in [3.8, 4) is 28.7 Å². The third kappa shape index (κ3) is 10.8. The fourth-order valence-electron chi connectivity index (χ4n) is 8.79. The molecular weight excluding hydrogens is 793 g/mol. The maximum Gasteiger partial charge on any atom is 0.184 e. The Hall–Kier alpha value is -6.09. The molecule has 2 fully saturated rings. The van der Waals surface area contributed by atoms with Gasteiger partial charge in [0.15, 0.2) is 28.8 Å². The van der Waals surface area contributed by atoms with Gasteiger partial charge in [-0.25, -0.2) is 0 Å². The summed E-state index contributed by atoms with van der Waals surface area (Å²) in [4.78, 5) is 44.9. The minimum atomic E-state index is -1.62. The molecule has 4 N–H and O–H groups in total. The topological polar surface area (TPSA) is 151 Å². The van der Waals surface area contributed by atoms with E-state index in [4.69, 9.17) is 9.47 Å². The largest absolute Gasteiger partial charge is 0.508 e. The molecule has 0 aliphatic heterocycles. The van der Waals surface area contributed by atoms with Crippen LogP contribution in [0.1, 0.15) is 111 Å². The predicted molar refractivity (Wildman–Crippen MR) is 253 cm³/mol. The van der Waals surface area contributed by atoms with Gasteiger partial charge in [0.1, 0.15) is 34.0 Å². The van der Waals surface area contributed by atoms with Crippen LogP contribution in [0.25, 0.3) is 17.9 Å². The Kier molecular flexibility index (Phi) is 16.0. The van der Waals surface area contributed by atoms with Crippen LogP contribution in [0.15, 0.2) is 113 Å². The number of hydrogen-bond donors (Lipinski definition) is 4. The third-order valence-corrected chi connectivity index (χ3v) is 12.8. The van der Waals surface area contributed by atoms with Crippen molar-refractivity contribution in [3.05, 3.63) is 130 Å². The number of aliphatic hydroxyl groups excluding tert-OH is 1. The summed E-state index contributed by atoms with van der Waals surface area (Å²) >= 11 is 0. The number of ether oxygens (including phenoxy) is 2. The van der Waals surface area contributed by atoms with E-state index in [0.29, 0.717) is 12.8 Å². The number of Topliss-reactive ketones (excluding diaryl/α,β-unsaturated/α-hetero) is 3. The number of allylic oxidation sites excluding steroid dienone is 8. The van der Waals surface area contributed by atoms with E-state index in [1.54, 1.807) is 26.4 Å². The average molecular weight is 859 g/mol. The summed E-state index contributed by atoms with van der Waals surface area (Å²) in [5, 5.41) is 41.0. The molecule has 9 heteroatoms. The smallest absolute Gasteiger partial charge is 0.184 e. The zero-order chi connectivity index (χ0) is 47.0. The van der Waals surface area contributed by atoms with E-state index in [-0.39, 0.29) is 48.2 Å². The van der Waals surface area contributed by atoms with Crippen LogP contribution in [0.2, 0.25) is 0 Å². The van der Waals surface area contributed by atoms with Crippen molar-refractivity contribution in [2.75, 3.05) is 14.2 Å². The van der Waals surface area contributed by atoms with Gasteiger partial charge in [0, 0.05) is 11.6 Å². The van der Waals surface area contributed by atoms with Crippen LogP contribution in [0.3, 0.4) is 0 Å². The van der Waals surface area contributed by atoms with Crippen molar-refractivity contribution < 1.29 is 44.3 Å². The van der Waals surface area contributed by atoms with Gasteiger partial charge in [0.2, 0.25) is 0 Å². The Labute approximate surface area is 373 Å². The number of aliphatic hydroxyl groups is 1. The summed E-state index contributed by atoms with van der Waals surface area (Å²) in [5.74, 6) is -1.84. The molecule has 0 amide bonds. The molecule has 2 saturated carbocycles. The number of phenolic OH excluding ortho intramolecular Hbond substituents is 3. The van der Waals surface area contributed by atoms with Gasteiger partial charge in [-0.2, -0.15) is 0 Å². The fourth-order valence-corrected chi connectivity index (χ4v) is 8.79. The number of rotatable bonds is 14. The summed E-state index contributed by atoms with van der Waals surface area (Å²) in [7, 11) is 3.25. The number of aromatic hydroxyl groups is 3. The van der Waals surface area contributed by atoms with E-state index in [1.165, 1.54) is 12.1 Å². The van der Waals surface area contributed by atoms with Crippen molar-refractivity contribution in [1.82, 2.24) is 0 Å². The first-order chi connectivity index (χ1) is 29.5. The molecule has 4 atom stereocenters. The van der Waals surface area contributed by atoms with Crippen molar-refractivity contribution in [3.63, 3.8) is 0 Å². The van der Waals surface area contributed by atoms with E-state index in [2.05, 4.69) is 18.7 Å². The van der Waals surface area contributed by atoms with Gasteiger partial charge in [-0.1, -0.05) is 85.2 Å². The number of carbonyl (C=O) groups excluding carboxylic acids is 3. The summed E-state index contributed by atoms with van der Waals surface area (Å²) in [5.41, 5.74) is 1.55. The predicted octanol–water partition coefficient (Wildman–Crippen LogP) is 12.3. The first kappa shape index (κ1) is 49.6. The molecule has 63 heavy (non-hydrogen) atoms. The quantitative estimate of drug-likeness (QED) is 0.0236. The lowest BCUT2D eigenvalue weighted by atomic mass is 9.38. The van der Waals surface area contributed by atoms with Crippen molar-refractivity contribution in [2.24, 2.45) is 28.1 Å². The number of fused-ring (bicyclic) bond motifs is 2. The highest BCUT2D eigenvalue weighted by Gasteiger charge is 2.74. The van der Waals surface area contributed by atoms with Gasteiger partial charge in [0.25, 0.3) is 0 Å². The lowest BCUT2D eigenvalue weighted by Crippen LogP contribution is -2.69. The summed E-state index contributed by atoms with van der Waals surface area (Å²) in [6.07, 6.45) is 11.7. The highest BCUT2D eigenvalue weighted by atomic mass is 16.5. The molecule has 0 heterocycles. The number of phenols is 3. The summed E-state index contributed by atoms with van der Waals surface area (Å²) < 4.78 is 10.4. The fraction of sp³-hybridized carbons (Fsp3) is 0.389. The van der Waals surface area contributed by atoms with E-state index in [9.17, 15) is 30.0 Å². The molecule has 3 aromatic carbocycles. The highest BCUT2D eigenvalue weighted by Crippen LogP contribution is 2.66. The molecule has 0 saturated heterocycles. The van der Waals surface area contributed by atoms with E-state index < -0.39 is 50.6 Å². The Morgan fingerprint density at radius 1 is 0.746 bits per heavy atom. The minimum Gasteiger partial charge on any atom is -0.508 e. The summed E-state index contributed by atoms with van der Waals surface area (Å²) in [6.45, 7) is 21.9. The third-order valence-electron chi connectivity index (χ3n) is 12.8. The molecular formula is C54H66O9. The van der Waals surface area contributed by atoms with Gasteiger partial charge < -0.3 is 29.9 Å². The van der Waals surface area contributed by atoms with Crippen LogP contribution in [0.4, 0.5) is 0 Å². The maximum atomic E-state index is 15.2. The molecule has 2 aliphatic carbocycles. The normalized spacial score (nSPS) is 21.4. The van der Waals surface area contributed by atoms with Crippen LogP contribution in [-0.4, -0.2) is 52.0 Å². The lowest BCUT2D eigenvalue weighted by Gasteiger charge is -2.60. The second kappa shape index (κ2) is 20.4. The minimum absolute atomic E-state index is 0.0110. The second-order valence-electron chi connectivity index (χ2n) is 18.4. The maximum absolute atomic E-state index is 15.2. The van der Waals surface area contributed by atoms with Gasteiger partial charge in [-0.05, 0) is 151 Å². The zero-order valence-corrected chi connectivity index (χ0v) is 38.9. The molecule has 0 aromatic heterocycles. The number of benzene rings is 3. The zero-order valence-electron chi connectivity index (χ0n) is 38.9. The Morgan fingerprint density at radius 3 is 1.84 bits per heavy atom. The average Bonchev–Trinajstić information content (AvgIpc) is 3.22. The molecule has 5 rings (SSSR count). The van der Waals surface area contributed by atoms with Crippen LogP contribution in [0, 0.1) is 28.1 Å². The van der Waals surface area contributed by atoms with Crippen LogP contribution < -0.4 is 9.47 Å². The van der Waals surface area contributed by atoms with E-state index >= 15 is 4.79 Å². The van der Waals surface area contributed by atoms with E-state index in [0.717, 1.165) is 51.0 Å². The second-order valence-corrected chi connectivity index (χ2v) is 18.4. The molecule has 0 radical (unpaired) electrons. The standard InChI is InChI=1S/C38H50O6.C16H16O3/c1-22(2)11-13-27(25(7)8)20-37-21-28(15-12-23(3)4)36(9,10)38(35(37)44,18-17-24(5)6)34(43)31(33(37)42)32(41)26-14-16-29(39)30(40)19-26;1-18-15-9-13(10-16(11-15)19-2)4-3-12-5-7-14(17)8-6-12/h11-12,14,16-17,19,27-28,39-41H,7,13,15,18,20-21H2,1-6,8-10H3;3-11,17H,1-2H3/b32-31+;4-3+/t27-,28+,37+,38-;/m0./s1. The first-order valence-electron chi connectivity index (χ1n) is 21.4. The Bertz CT molecular complexity index is 2340. The molecule has 0 spiro atoms. The van der Waals surface area contributed by atoms with Gasteiger partial charge in [0.05, 0.1) is 19.6 Å². The number of carbonyl (C=O) groups is 3. The van der Waals surface area contributed by atoms with Gasteiger partial charge in [-0.15, -0.1) is 0 Å². The number of ketones is 3. The lowest BCUT2D eigenvalue weighted by molar-refractivity contribution is -0.177.